The number of nitrogens with zero attached hydrogens (tertiary/aromatic N) is 3. The summed E-state index contributed by atoms with van der Waals surface area (Å²) >= 11 is 0. The Bertz CT molecular complexity index is 1020. The van der Waals surface area contributed by atoms with Crippen LogP contribution in [0, 0.1) is 0 Å². The van der Waals surface area contributed by atoms with Crippen molar-refractivity contribution >= 4 is 23.1 Å². The summed E-state index contributed by atoms with van der Waals surface area (Å²) < 4.78 is 10.9. The van der Waals surface area contributed by atoms with Crippen LogP contribution in [-0.4, -0.2) is 68.1 Å². The number of carbonyl (C=O) groups excluding carboxylic acids is 2. The highest BCUT2D eigenvalue weighted by Crippen LogP contribution is 2.36. The number of imide groups is 1. The van der Waals surface area contributed by atoms with Gasteiger partial charge in [0.2, 0.25) is 0 Å². The molecule has 2 heterocycles. The quantitative estimate of drug-likeness (QED) is 0.623. The number of benzene rings is 2. The maximum Gasteiger partial charge on any atom is 0.282 e. The molecule has 2 aromatic rings. The van der Waals surface area contributed by atoms with Crippen molar-refractivity contribution in [1.29, 1.82) is 0 Å². The van der Waals surface area contributed by atoms with Gasteiger partial charge in [-0.25, -0.2) is 4.90 Å². The minimum absolute atomic E-state index is 0.294. The first-order valence-electron chi connectivity index (χ1n) is 11.0. The molecule has 0 saturated carbocycles. The summed E-state index contributed by atoms with van der Waals surface area (Å²) in [7, 11) is 1.56. The molecule has 1 fully saturated rings. The summed E-state index contributed by atoms with van der Waals surface area (Å²) in [5.74, 6) is 0.713. The third kappa shape index (κ3) is 4.08. The number of carbonyl (C=O) groups is 2. The normalized spacial score (nSPS) is 17.3. The molecule has 0 aliphatic carbocycles. The first kappa shape index (κ1) is 21.9. The fourth-order valence-corrected chi connectivity index (χ4v) is 4.23. The van der Waals surface area contributed by atoms with E-state index in [1.54, 1.807) is 31.4 Å². The Kier molecular flexibility index (Phi) is 6.46. The predicted molar refractivity (Wildman–Crippen MR) is 124 cm³/mol. The van der Waals surface area contributed by atoms with Crippen LogP contribution in [0.1, 0.15) is 19.4 Å². The minimum Gasteiger partial charge on any atom is -0.497 e. The molecule has 2 amide bonds. The van der Waals surface area contributed by atoms with Crippen LogP contribution in [-0.2, 0) is 9.59 Å². The van der Waals surface area contributed by atoms with E-state index in [4.69, 9.17) is 9.47 Å². The maximum absolute atomic E-state index is 13.6. The van der Waals surface area contributed by atoms with E-state index >= 15 is 0 Å². The van der Waals surface area contributed by atoms with E-state index in [1.807, 2.05) is 31.2 Å². The van der Waals surface area contributed by atoms with Crippen LogP contribution in [0.2, 0.25) is 0 Å². The van der Waals surface area contributed by atoms with Crippen LogP contribution < -0.4 is 14.4 Å². The second-order valence-corrected chi connectivity index (χ2v) is 7.75. The summed E-state index contributed by atoms with van der Waals surface area (Å²) in [4.78, 5) is 32.9. The Morgan fingerprint density at radius 1 is 0.875 bits per heavy atom. The van der Waals surface area contributed by atoms with Gasteiger partial charge in [0.15, 0.2) is 0 Å². The fourth-order valence-electron chi connectivity index (χ4n) is 4.23. The lowest BCUT2D eigenvalue weighted by Gasteiger charge is -2.36. The molecule has 0 unspecified atom stereocenters. The van der Waals surface area contributed by atoms with Crippen molar-refractivity contribution in [2.45, 2.75) is 13.8 Å². The fraction of sp³-hybridized carbons (Fsp3) is 0.360. The highest BCUT2D eigenvalue weighted by atomic mass is 16.5. The Balaban J connectivity index is 1.75. The number of amides is 2. The van der Waals surface area contributed by atoms with Gasteiger partial charge >= 0.3 is 0 Å². The number of piperazine rings is 1. The van der Waals surface area contributed by atoms with Gasteiger partial charge in [-0.3, -0.25) is 9.59 Å². The molecule has 2 aliphatic heterocycles. The Hall–Kier alpha value is -3.32. The number of methoxy groups -OCH3 is 1. The number of ether oxygens (including phenoxy) is 2. The molecule has 0 aromatic heterocycles. The molecule has 0 spiro atoms. The van der Waals surface area contributed by atoms with Crippen molar-refractivity contribution in [2.24, 2.45) is 0 Å². The molecular weight excluding hydrogens is 406 g/mol. The third-order valence-corrected chi connectivity index (χ3v) is 5.96. The van der Waals surface area contributed by atoms with Crippen molar-refractivity contribution in [1.82, 2.24) is 9.80 Å². The van der Waals surface area contributed by atoms with Gasteiger partial charge < -0.3 is 19.3 Å². The third-order valence-electron chi connectivity index (χ3n) is 5.96. The Labute approximate surface area is 188 Å². The number of likely N-dealkylation sites (N-methyl/N-ethyl adjacent to an activating group) is 1. The van der Waals surface area contributed by atoms with Gasteiger partial charge in [-0.05, 0) is 43.3 Å². The van der Waals surface area contributed by atoms with Gasteiger partial charge in [0.1, 0.15) is 17.2 Å². The molecule has 32 heavy (non-hydrogen) atoms. The number of anilines is 1. The van der Waals surface area contributed by atoms with Gasteiger partial charge in [-0.2, -0.15) is 0 Å². The first-order chi connectivity index (χ1) is 15.6. The summed E-state index contributed by atoms with van der Waals surface area (Å²) in [6, 6.07) is 14.4. The topological polar surface area (TPSA) is 62.3 Å². The van der Waals surface area contributed by atoms with Gasteiger partial charge in [-0.1, -0.05) is 25.1 Å². The zero-order chi connectivity index (χ0) is 22.7. The lowest BCUT2D eigenvalue weighted by Crippen LogP contribution is -2.47. The molecule has 0 atom stereocenters. The molecule has 0 N–H and O–H groups in total. The van der Waals surface area contributed by atoms with Crippen LogP contribution in [0.5, 0.6) is 11.5 Å². The van der Waals surface area contributed by atoms with Gasteiger partial charge in [0.25, 0.3) is 11.8 Å². The summed E-state index contributed by atoms with van der Waals surface area (Å²) in [6.45, 7) is 8.72. The van der Waals surface area contributed by atoms with Crippen molar-refractivity contribution in [3.05, 3.63) is 59.8 Å². The molecule has 0 bridgehead atoms. The average molecular weight is 436 g/mol. The smallest absolute Gasteiger partial charge is 0.282 e. The SMILES string of the molecule is CCOc1ccc(C2=C(N3CCN(CC)CC3)C(=O)N(c3cccc(OC)c3)C2=O)cc1. The Morgan fingerprint density at radius 3 is 2.22 bits per heavy atom. The molecule has 1 saturated heterocycles. The van der Waals surface area contributed by atoms with Gasteiger partial charge in [0, 0.05) is 32.2 Å². The van der Waals surface area contributed by atoms with E-state index in [0.29, 0.717) is 48.0 Å². The molecule has 2 aromatic carbocycles. The highest BCUT2D eigenvalue weighted by Gasteiger charge is 2.43. The minimum atomic E-state index is -0.319. The van der Waals surface area contributed by atoms with E-state index < -0.39 is 0 Å². The molecule has 7 nitrogen and oxygen atoms in total. The van der Waals surface area contributed by atoms with Crippen molar-refractivity contribution in [3.8, 4) is 11.5 Å². The molecule has 0 radical (unpaired) electrons. The number of rotatable bonds is 7. The van der Waals surface area contributed by atoms with Crippen LogP contribution in [0.25, 0.3) is 5.57 Å². The van der Waals surface area contributed by atoms with Crippen LogP contribution in [0.15, 0.2) is 54.2 Å². The summed E-state index contributed by atoms with van der Waals surface area (Å²) in [5.41, 5.74) is 2.12. The predicted octanol–water partition coefficient (Wildman–Crippen LogP) is 3.02. The van der Waals surface area contributed by atoms with E-state index in [9.17, 15) is 9.59 Å². The second kappa shape index (κ2) is 9.44. The largest absolute Gasteiger partial charge is 0.497 e. The first-order valence-corrected chi connectivity index (χ1v) is 11.0. The summed E-state index contributed by atoms with van der Waals surface area (Å²) in [6.07, 6.45) is 0. The number of hydrogen-bond acceptors (Lipinski definition) is 6. The monoisotopic (exact) mass is 435 g/mol. The number of hydrogen-bond donors (Lipinski definition) is 0. The van der Waals surface area contributed by atoms with Crippen LogP contribution in [0.4, 0.5) is 5.69 Å². The van der Waals surface area contributed by atoms with E-state index in [-0.39, 0.29) is 11.8 Å². The van der Waals surface area contributed by atoms with Crippen molar-refractivity contribution in [3.63, 3.8) is 0 Å². The van der Waals surface area contributed by atoms with Crippen molar-refractivity contribution < 1.29 is 19.1 Å². The van der Waals surface area contributed by atoms with Gasteiger partial charge in [-0.15, -0.1) is 0 Å². The van der Waals surface area contributed by atoms with E-state index in [0.717, 1.165) is 25.4 Å². The van der Waals surface area contributed by atoms with Crippen LogP contribution >= 0.6 is 0 Å². The van der Waals surface area contributed by atoms with Gasteiger partial charge in [0.05, 0.1) is 25.0 Å². The van der Waals surface area contributed by atoms with Crippen LogP contribution in [0.3, 0.4) is 0 Å². The lowest BCUT2D eigenvalue weighted by molar-refractivity contribution is -0.120. The molecule has 2 aliphatic rings. The molecule has 7 heteroatoms. The zero-order valence-electron chi connectivity index (χ0n) is 18.8. The second-order valence-electron chi connectivity index (χ2n) is 7.75. The summed E-state index contributed by atoms with van der Waals surface area (Å²) in [5, 5.41) is 0. The lowest BCUT2D eigenvalue weighted by atomic mass is 10.0. The van der Waals surface area contributed by atoms with E-state index in [2.05, 4.69) is 16.7 Å². The molecule has 168 valence electrons. The average Bonchev–Trinajstić information content (AvgIpc) is 3.09. The van der Waals surface area contributed by atoms with Crippen molar-refractivity contribution in [2.75, 3.05) is 51.3 Å². The standard InChI is InChI=1S/C25H29N3O4/c1-4-26-13-15-27(16-14-26)23-22(18-9-11-20(12-10-18)32-5-2)24(29)28(25(23)30)19-7-6-8-21(17-19)31-3/h6-12,17H,4-5,13-16H2,1-3H3. The zero-order valence-corrected chi connectivity index (χ0v) is 18.8. The van der Waals surface area contributed by atoms with E-state index in [1.165, 1.54) is 4.90 Å². The maximum atomic E-state index is 13.6. The Morgan fingerprint density at radius 2 is 1.59 bits per heavy atom. The molecular formula is C25H29N3O4. The molecule has 4 rings (SSSR count). The highest BCUT2D eigenvalue weighted by molar-refractivity contribution is 6.45.